The normalized spacial score (nSPS) is 15.5. The van der Waals surface area contributed by atoms with Crippen LogP contribution in [0.25, 0.3) is 16.2 Å². The zero-order chi connectivity index (χ0) is 19.3. The summed E-state index contributed by atoms with van der Waals surface area (Å²) in [6.45, 7) is 5.18. The summed E-state index contributed by atoms with van der Waals surface area (Å²) >= 11 is 1.72. The van der Waals surface area contributed by atoms with Crippen LogP contribution in [-0.2, 0) is 11.2 Å². The lowest BCUT2D eigenvalue weighted by Crippen LogP contribution is -2.47. The molecule has 1 aliphatic rings. The minimum absolute atomic E-state index is 0.408. The smallest absolute Gasteiger partial charge is 0.241 e. The zero-order valence-corrected chi connectivity index (χ0v) is 16.7. The fraction of sp³-hybridized carbons (Fsp3) is 0.261. The van der Waals surface area contributed by atoms with Gasteiger partial charge >= 0.3 is 0 Å². The summed E-state index contributed by atoms with van der Waals surface area (Å²) in [7, 11) is 0. The van der Waals surface area contributed by atoms with Gasteiger partial charge in [0.25, 0.3) is 0 Å². The number of nitrogens with zero attached hydrogens (tertiary/aromatic N) is 2. The van der Waals surface area contributed by atoms with Crippen LogP contribution >= 0.6 is 11.3 Å². The first kappa shape index (κ1) is 18.7. The number of carbonyl (C=O) groups excluding carboxylic acids is 1. The number of fused-ring (bicyclic) bond motifs is 1. The highest BCUT2D eigenvalue weighted by molar-refractivity contribution is 7.20. The van der Waals surface area contributed by atoms with Crippen molar-refractivity contribution in [2.45, 2.75) is 6.42 Å². The SMILES string of the molecule is NC(=O)C=Cc1sc2ccccc2c1N1CCN(CCc2ccccc2)CC1. The van der Waals surface area contributed by atoms with Gasteiger partial charge in [-0.1, -0.05) is 48.5 Å². The molecule has 1 aromatic heterocycles. The van der Waals surface area contributed by atoms with Crippen molar-refractivity contribution in [1.29, 1.82) is 0 Å². The molecule has 2 heterocycles. The molecule has 1 saturated heterocycles. The number of hydrogen-bond acceptors (Lipinski definition) is 4. The quantitative estimate of drug-likeness (QED) is 0.651. The lowest BCUT2D eigenvalue weighted by atomic mass is 10.1. The van der Waals surface area contributed by atoms with Gasteiger partial charge in [-0.25, -0.2) is 0 Å². The Morgan fingerprint density at radius 1 is 1.00 bits per heavy atom. The first-order valence-corrected chi connectivity index (χ1v) is 10.5. The van der Waals surface area contributed by atoms with Gasteiger partial charge in [0.05, 0.1) is 10.6 Å². The van der Waals surface area contributed by atoms with Gasteiger partial charge in [0.15, 0.2) is 0 Å². The van der Waals surface area contributed by atoms with Crippen molar-refractivity contribution < 1.29 is 4.79 Å². The highest BCUT2D eigenvalue weighted by Crippen LogP contribution is 2.39. The van der Waals surface area contributed by atoms with Crippen LogP contribution in [0.3, 0.4) is 0 Å². The van der Waals surface area contributed by atoms with Crippen molar-refractivity contribution in [1.82, 2.24) is 4.90 Å². The lowest BCUT2D eigenvalue weighted by Gasteiger charge is -2.36. The van der Waals surface area contributed by atoms with Crippen LogP contribution in [-0.4, -0.2) is 43.5 Å². The molecular formula is C23H25N3OS. The Labute approximate surface area is 169 Å². The number of primary amides is 1. The third-order valence-electron chi connectivity index (χ3n) is 5.24. The minimum Gasteiger partial charge on any atom is -0.367 e. The molecule has 0 bridgehead atoms. The summed E-state index contributed by atoms with van der Waals surface area (Å²) < 4.78 is 1.24. The second-order valence-corrected chi connectivity index (χ2v) is 8.19. The Morgan fingerprint density at radius 2 is 1.71 bits per heavy atom. The van der Waals surface area contributed by atoms with Gasteiger partial charge in [0.1, 0.15) is 0 Å². The molecule has 28 heavy (non-hydrogen) atoms. The first-order valence-electron chi connectivity index (χ1n) is 9.71. The number of thiophene rings is 1. The summed E-state index contributed by atoms with van der Waals surface area (Å²) in [5.74, 6) is -0.408. The largest absolute Gasteiger partial charge is 0.367 e. The van der Waals surface area contributed by atoms with Crippen molar-refractivity contribution in [3.8, 4) is 0 Å². The van der Waals surface area contributed by atoms with Gasteiger partial charge in [-0.2, -0.15) is 0 Å². The molecule has 5 heteroatoms. The molecule has 0 saturated carbocycles. The topological polar surface area (TPSA) is 49.6 Å². The maximum Gasteiger partial charge on any atom is 0.241 e. The van der Waals surface area contributed by atoms with Gasteiger partial charge in [0, 0.05) is 48.9 Å². The van der Waals surface area contributed by atoms with Crippen LogP contribution in [0.4, 0.5) is 5.69 Å². The molecule has 2 N–H and O–H groups in total. The van der Waals surface area contributed by atoms with E-state index in [1.165, 1.54) is 27.4 Å². The van der Waals surface area contributed by atoms with Crippen molar-refractivity contribution in [2.75, 3.05) is 37.6 Å². The third-order valence-corrected chi connectivity index (χ3v) is 6.37. The summed E-state index contributed by atoms with van der Waals surface area (Å²) in [5.41, 5.74) is 7.95. The Morgan fingerprint density at radius 3 is 2.46 bits per heavy atom. The van der Waals surface area contributed by atoms with Crippen molar-refractivity contribution in [2.24, 2.45) is 5.73 Å². The predicted octanol–water partition coefficient (Wildman–Crippen LogP) is 3.76. The number of piperazine rings is 1. The van der Waals surface area contributed by atoms with Gasteiger partial charge in [-0.3, -0.25) is 9.69 Å². The van der Waals surface area contributed by atoms with Gasteiger partial charge in [-0.05, 0) is 24.1 Å². The highest BCUT2D eigenvalue weighted by Gasteiger charge is 2.22. The molecule has 144 valence electrons. The molecule has 0 atom stereocenters. The van der Waals surface area contributed by atoms with E-state index in [1.807, 2.05) is 6.08 Å². The maximum atomic E-state index is 11.2. The molecule has 2 aromatic carbocycles. The summed E-state index contributed by atoms with van der Waals surface area (Å²) in [6.07, 6.45) is 4.42. The maximum absolute atomic E-state index is 11.2. The van der Waals surface area contributed by atoms with Crippen LogP contribution in [0, 0.1) is 0 Å². The standard InChI is InChI=1S/C23H25N3OS/c24-22(27)11-10-21-23(19-8-4-5-9-20(19)28-21)26-16-14-25(15-17-26)13-12-18-6-2-1-3-7-18/h1-11H,12-17H2,(H2,24,27). The number of amides is 1. The molecule has 0 unspecified atom stereocenters. The molecule has 1 fully saturated rings. The van der Waals surface area contributed by atoms with Crippen molar-refractivity contribution in [3.05, 3.63) is 71.1 Å². The van der Waals surface area contributed by atoms with Crippen LogP contribution in [0.1, 0.15) is 10.4 Å². The minimum atomic E-state index is -0.408. The second-order valence-electron chi connectivity index (χ2n) is 7.11. The summed E-state index contributed by atoms with van der Waals surface area (Å²) in [4.78, 5) is 17.3. The van der Waals surface area contributed by atoms with Crippen molar-refractivity contribution >= 4 is 39.1 Å². The van der Waals surface area contributed by atoms with E-state index in [0.717, 1.165) is 44.0 Å². The van der Waals surface area contributed by atoms with Crippen LogP contribution in [0.15, 0.2) is 60.7 Å². The van der Waals surface area contributed by atoms with E-state index in [4.69, 9.17) is 5.73 Å². The van der Waals surface area contributed by atoms with Crippen molar-refractivity contribution in [3.63, 3.8) is 0 Å². The number of rotatable bonds is 6. The predicted molar refractivity (Wildman–Crippen MR) is 119 cm³/mol. The van der Waals surface area contributed by atoms with E-state index >= 15 is 0 Å². The number of hydrogen-bond donors (Lipinski definition) is 1. The molecule has 4 nitrogen and oxygen atoms in total. The highest BCUT2D eigenvalue weighted by atomic mass is 32.1. The number of benzene rings is 2. The Hall–Kier alpha value is -2.63. The third kappa shape index (κ3) is 4.26. The molecule has 0 radical (unpaired) electrons. The van der Waals surface area contributed by atoms with Crippen LogP contribution < -0.4 is 10.6 Å². The fourth-order valence-electron chi connectivity index (χ4n) is 3.77. The van der Waals surface area contributed by atoms with E-state index in [1.54, 1.807) is 11.3 Å². The van der Waals surface area contributed by atoms with Gasteiger partial charge < -0.3 is 10.6 Å². The summed E-state index contributed by atoms with van der Waals surface area (Å²) in [5, 5.41) is 1.26. The molecule has 3 aromatic rings. The number of nitrogens with two attached hydrogens (primary N) is 1. The Balaban J connectivity index is 1.47. The Bertz CT molecular complexity index is 972. The summed E-state index contributed by atoms with van der Waals surface area (Å²) in [6, 6.07) is 19.1. The van der Waals surface area contributed by atoms with Crippen LogP contribution in [0.5, 0.6) is 0 Å². The van der Waals surface area contributed by atoms with E-state index in [-0.39, 0.29) is 0 Å². The molecule has 1 aliphatic heterocycles. The zero-order valence-electron chi connectivity index (χ0n) is 15.9. The molecule has 4 rings (SSSR count). The second kappa shape index (κ2) is 8.59. The van der Waals surface area contributed by atoms with E-state index < -0.39 is 5.91 Å². The average Bonchev–Trinajstić information content (AvgIpc) is 3.10. The van der Waals surface area contributed by atoms with E-state index in [0.29, 0.717) is 0 Å². The molecule has 0 aliphatic carbocycles. The van der Waals surface area contributed by atoms with E-state index in [9.17, 15) is 4.79 Å². The average molecular weight is 392 g/mol. The van der Waals surface area contributed by atoms with Gasteiger partial charge in [-0.15, -0.1) is 11.3 Å². The van der Waals surface area contributed by atoms with Crippen LogP contribution in [0.2, 0.25) is 0 Å². The number of carbonyl (C=O) groups is 1. The number of anilines is 1. The molecule has 0 spiro atoms. The monoisotopic (exact) mass is 391 g/mol. The Kier molecular flexibility index (Phi) is 5.74. The molecular weight excluding hydrogens is 366 g/mol. The van der Waals surface area contributed by atoms with Gasteiger partial charge in [0.2, 0.25) is 5.91 Å². The first-order chi connectivity index (χ1) is 13.7. The fourth-order valence-corrected chi connectivity index (χ4v) is 4.90. The molecule has 1 amide bonds. The van der Waals surface area contributed by atoms with E-state index in [2.05, 4.69) is 64.4 Å². The lowest BCUT2D eigenvalue weighted by molar-refractivity contribution is -0.113.